The minimum Gasteiger partial charge on any atom is -0.508 e. The molecular weight excluding hydrogens is 292 g/mol. The molecule has 1 unspecified atom stereocenters. The van der Waals surface area contributed by atoms with E-state index in [0.29, 0.717) is 0 Å². The van der Waals surface area contributed by atoms with Crippen LogP contribution in [0.4, 0.5) is 8.78 Å². The maximum atomic E-state index is 13.5. The topological polar surface area (TPSA) is 60.8 Å². The summed E-state index contributed by atoms with van der Waals surface area (Å²) < 4.78 is 27.0. The zero-order chi connectivity index (χ0) is 14.9. The minimum absolute atomic E-state index is 0.0635. The molecule has 0 spiro atoms. The predicted molar refractivity (Wildman–Crippen MR) is 69.2 cm³/mol. The summed E-state index contributed by atoms with van der Waals surface area (Å²) in [7, 11) is 0. The van der Waals surface area contributed by atoms with Gasteiger partial charge in [-0.15, -0.1) is 0 Å². The van der Waals surface area contributed by atoms with Gasteiger partial charge in [-0.3, -0.25) is 4.79 Å². The smallest absolute Gasteiger partial charge is 0.256 e. The van der Waals surface area contributed by atoms with Crippen molar-refractivity contribution in [2.24, 2.45) is 5.92 Å². The van der Waals surface area contributed by atoms with E-state index >= 15 is 0 Å². The fourth-order valence-corrected chi connectivity index (χ4v) is 2.40. The molecule has 1 fully saturated rings. The lowest BCUT2D eigenvalue weighted by molar-refractivity contribution is -0.113. The molecule has 1 atom stereocenters. The molecule has 1 aromatic rings. The molecule has 1 amide bonds. The minimum atomic E-state index is -2.98. The van der Waals surface area contributed by atoms with Gasteiger partial charge in [0.25, 0.3) is 11.8 Å². The summed E-state index contributed by atoms with van der Waals surface area (Å²) in [6.45, 7) is -1.05. The molecule has 1 aliphatic rings. The first-order valence-electron chi connectivity index (χ1n) is 6.11. The second-order valence-corrected chi connectivity index (χ2v) is 5.21. The van der Waals surface area contributed by atoms with Crippen LogP contribution in [-0.2, 0) is 0 Å². The second-order valence-electron chi connectivity index (χ2n) is 4.81. The molecule has 7 heteroatoms. The van der Waals surface area contributed by atoms with Gasteiger partial charge in [0.1, 0.15) is 5.75 Å². The average Bonchev–Trinajstić information content (AvgIpc) is 2.40. The van der Waals surface area contributed by atoms with E-state index in [0.717, 1.165) is 0 Å². The number of piperidine rings is 1. The van der Waals surface area contributed by atoms with Gasteiger partial charge < -0.3 is 15.1 Å². The second kappa shape index (κ2) is 5.54. The molecule has 1 heterocycles. The molecule has 4 nitrogen and oxygen atoms in total. The number of aromatic hydroxyl groups is 1. The van der Waals surface area contributed by atoms with Crippen molar-refractivity contribution in [3.05, 3.63) is 28.8 Å². The fraction of sp³-hybridized carbons (Fsp3) is 0.462. The van der Waals surface area contributed by atoms with Crippen LogP contribution in [0, 0.1) is 5.92 Å². The summed E-state index contributed by atoms with van der Waals surface area (Å²) in [4.78, 5) is 13.5. The highest BCUT2D eigenvalue weighted by Crippen LogP contribution is 2.34. The fourth-order valence-electron chi connectivity index (χ4n) is 2.20. The first-order chi connectivity index (χ1) is 9.35. The van der Waals surface area contributed by atoms with Crippen LogP contribution in [0.2, 0.25) is 5.02 Å². The summed E-state index contributed by atoms with van der Waals surface area (Å²) in [5.41, 5.74) is 0.0635. The number of carbonyl (C=O) groups is 1. The Labute approximate surface area is 119 Å². The van der Waals surface area contributed by atoms with E-state index in [1.165, 1.54) is 23.1 Å². The molecule has 0 aliphatic carbocycles. The van der Waals surface area contributed by atoms with Crippen LogP contribution in [0.3, 0.4) is 0 Å². The van der Waals surface area contributed by atoms with Crippen molar-refractivity contribution in [2.75, 3.05) is 19.7 Å². The van der Waals surface area contributed by atoms with E-state index in [9.17, 15) is 18.7 Å². The highest BCUT2D eigenvalue weighted by molar-refractivity contribution is 6.33. The number of alkyl halides is 2. The van der Waals surface area contributed by atoms with E-state index in [-0.39, 0.29) is 29.4 Å². The van der Waals surface area contributed by atoms with Gasteiger partial charge in [-0.25, -0.2) is 8.78 Å². The van der Waals surface area contributed by atoms with Gasteiger partial charge >= 0.3 is 0 Å². The molecule has 1 saturated heterocycles. The SMILES string of the molecule is O=C(c1cc(O)ccc1Cl)N1CCC(F)(F)C(CO)C1. The lowest BCUT2D eigenvalue weighted by atomic mass is 9.94. The highest BCUT2D eigenvalue weighted by atomic mass is 35.5. The molecule has 0 radical (unpaired) electrons. The number of phenolic OH excluding ortho intramolecular Hbond substituents is 1. The maximum Gasteiger partial charge on any atom is 0.256 e. The van der Waals surface area contributed by atoms with Crippen LogP contribution >= 0.6 is 11.6 Å². The summed E-state index contributed by atoms with van der Waals surface area (Å²) in [5, 5.41) is 18.5. The van der Waals surface area contributed by atoms with Gasteiger partial charge in [0, 0.05) is 19.5 Å². The lowest BCUT2D eigenvalue weighted by Gasteiger charge is -2.37. The summed E-state index contributed by atoms with van der Waals surface area (Å²) in [5.74, 6) is -4.91. The number of nitrogens with zero attached hydrogens (tertiary/aromatic N) is 1. The van der Waals surface area contributed by atoms with Crippen molar-refractivity contribution in [3.8, 4) is 5.75 Å². The van der Waals surface area contributed by atoms with Gasteiger partial charge in [-0.1, -0.05) is 11.6 Å². The summed E-state index contributed by atoms with van der Waals surface area (Å²) >= 11 is 5.88. The molecule has 1 aliphatic heterocycles. The number of halogens is 3. The Balaban J connectivity index is 2.20. The number of hydrogen-bond acceptors (Lipinski definition) is 3. The molecule has 20 heavy (non-hydrogen) atoms. The Hall–Kier alpha value is -1.40. The van der Waals surface area contributed by atoms with Gasteiger partial charge in [0.05, 0.1) is 23.1 Å². The number of aliphatic hydroxyl groups excluding tert-OH is 1. The number of carbonyl (C=O) groups excluding carboxylic acids is 1. The predicted octanol–water partition coefficient (Wildman–Crippen LogP) is 2.14. The van der Waals surface area contributed by atoms with Crippen molar-refractivity contribution >= 4 is 17.5 Å². The third kappa shape index (κ3) is 2.86. The van der Waals surface area contributed by atoms with Crippen LogP contribution in [-0.4, -0.2) is 46.6 Å². The molecule has 2 rings (SSSR count). The van der Waals surface area contributed by atoms with Crippen molar-refractivity contribution in [2.45, 2.75) is 12.3 Å². The highest BCUT2D eigenvalue weighted by Gasteiger charge is 2.44. The number of amides is 1. The number of benzene rings is 1. The van der Waals surface area contributed by atoms with Crippen LogP contribution in [0.5, 0.6) is 5.75 Å². The van der Waals surface area contributed by atoms with E-state index in [1.807, 2.05) is 0 Å². The zero-order valence-corrected chi connectivity index (χ0v) is 11.3. The quantitative estimate of drug-likeness (QED) is 0.880. The first-order valence-corrected chi connectivity index (χ1v) is 6.49. The zero-order valence-electron chi connectivity index (χ0n) is 10.5. The Morgan fingerprint density at radius 2 is 2.20 bits per heavy atom. The normalized spacial score (nSPS) is 21.8. The van der Waals surface area contributed by atoms with Gasteiger partial charge in [-0.2, -0.15) is 0 Å². The standard InChI is InChI=1S/C13H14ClF2NO3/c14-11-2-1-9(19)5-10(11)12(20)17-4-3-13(15,16)8(6-17)7-18/h1-2,5,8,18-19H,3-4,6-7H2. The molecule has 0 bridgehead atoms. The number of phenols is 1. The van der Waals surface area contributed by atoms with Gasteiger partial charge in [0.15, 0.2) is 0 Å². The van der Waals surface area contributed by atoms with Crippen LogP contribution < -0.4 is 0 Å². The van der Waals surface area contributed by atoms with E-state index < -0.39 is 30.8 Å². The van der Waals surface area contributed by atoms with Gasteiger partial charge in [0.2, 0.25) is 0 Å². The van der Waals surface area contributed by atoms with Crippen LogP contribution in [0.15, 0.2) is 18.2 Å². The van der Waals surface area contributed by atoms with E-state index in [2.05, 4.69) is 0 Å². The third-order valence-electron chi connectivity index (χ3n) is 3.44. The number of rotatable bonds is 2. The molecule has 110 valence electrons. The van der Waals surface area contributed by atoms with Crippen molar-refractivity contribution in [1.29, 1.82) is 0 Å². The van der Waals surface area contributed by atoms with Crippen molar-refractivity contribution in [1.82, 2.24) is 4.90 Å². The number of aliphatic hydroxyl groups is 1. The third-order valence-corrected chi connectivity index (χ3v) is 3.77. The first kappa shape index (κ1) is 15.0. The van der Waals surface area contributed by atoms with Crippen molar-refractivity contribution < 1.29 is 23.8 Å². The van der Waals surface area contributed by atoms with E-state index in [4.69, 9.17) is 16.7 Å². The molecule has 1 aromatic carbocycles. The Kier molecular flexibility index (Phi) is 4.15. The molecule has 0 aromatic heterocycles. The van der Waals surface area contributed by atoms with Crippen LogP contribution in [0.25, 0.3) is 0 Å². The summed E-state index contributed by atoms with van der Waals surface area (Å²) in [6, 6.07) is 3.90. The molecule has 2 N–H and O–H groups in total. The monoisotopic (exact) mass is 305 g/mol. The Morgan fingerprint density at radius 3 is 2.85 bits per heavy atom. The van der Waals surface area contributed by atoms with Crippen LogP contribution in [0.1, 0.15) is 16.8 Å². The average molecular weight is 306 g/mol. The Bertz CT molecular complexity index is 524. The summed E-state index contributed by atoms with van der Waals surface area (Å²) in [6.07, 6.45) is -0.500. The largest absolute Gasteiger partial charge is 0.508 e. The maximum absolute atomic E-state index is 13.5. The van der Waals surface area contributed by atoms with Crippen molar-refractivity contribution in [3.63, 3.8) is 0 Å². The number of hydrogen-bond donors (Lipinski definition) is 2. The lowest BCUT2D eigenvalue weighted by Crippen LogP contribution is -2.50. The Morgan fingerprint density at radius 1 is 1.50 bits per heavy atom. The molecule has 0 saturated carbocycles. The molecular formula is C13H14ClF2NO3. The number of likely N-dealkylation sites (tertiary alicyclic amines) is 1. The van der Waals surface area contributed by atoms with E-state index in [1.54, 1.807) is 0 Å². The van der Waals surface area contributed by atoms with Gasteiger partial charge in [-0.05, 0) is 18.2 Å².